The topological polar surface area (TPSA) is 0 Å². The van der Waals surface area contributed by atoms with Crippen molar-refractivity contribution in [1.29, 1.82) is 0 Å². The smallest absolute Gasteiger partial charge is 0.00673 e. The molecule has 0 heterocycles. The van der Waals surface area contributed by atoms with Gasteiger partial charge in [0.1, 0.15) is 0 Å². The highest BCUT2D eigenvalue weighted by Crippen LogP contribution is 2.55. The summed E-state index contributed by atoms with van der Waals surface area (Å²) in [6.07, 6.45) is 25.3. The van der Waals surface area contributed by atoms with E-state index in [2.05, 4.69) is 83.1 Å². The van der Waals surface area contributed by atoms with E-state index in [0.717, 1.165) is 0 Å². The SMILES string of the molecule is CCP(CC)Cc1c(CP(CC)CC)c(CP(CC)CC)c(CP(CC)CC)c(CP(CC)CC)c1CP(CC)CC. The quantitative estimate of drug-likeness (QED) is 0.0948. The molecule has 0 aliphatic heterocycles. The first-order chi connectivity index (χ1) is 20.3. The minimum absolute atomic E-state index is 0.0846. The highest BCUT2D eigenvalue weighted by molar-refractivity contribution is 7.58. The highest BCUT2D eigenvalue weighted by atomic mass is 31.1. The summed E-state index contributed by atoms with van der Waals surface area (Å²) in [5, 5.41) is 0. The van der Waals surface area contributed by atoms with E-state index in [1.807, 2.05) is 33.4 Å². The van der Waals surface area contributed by atoms with Gasteiger partial charge in [0.15, 0.2) is 0 Å². The first-order valence-electron chi connectivity index (χ1n) is 17.8. The summed E-state index contributed by atoms with van der Waals surface area (Å²) in [7, 11) is 0.508. The predicted molar refractivity (Wildman–Crippen MR) is 217 cm³/mol. The minimum atomic E-state index is 0.0846. The van der Waals surface area contributed by atoms with E-state index in [9.17, 15) is 0 Å². The number of benzene rings is 1. The van der Waals surface area contributed by atoms with Crippen LogP contribution in [0.25, 0.3) is 0 Å². The summed E-state index contributed by atoms with van der Waals surface area (Å²) >= 11 is 0. The molecule has 6 heteroatoms. The van der Waals surface area contributed by atoms with Gasteiger partial charge in [0, 0.05) is 0 Å². The molecule has 0 radical (unpaired) electrons. The summed E-state index contributed by atoms with van der Waals surface area (Å²) in [6.45, 7) is 30.0. The average Bonchev–Trinajstić information content (AvgIpc) is 3.03. The fourth-order valence-electron chi connectivity index (χ4n) is 6.26. The van der Waals surface area contributed by atoms with Crippen molar-refractivity contribution in [3.8, 4) is 0 Å². The molecule has 1 rings (SSSR count). The van der Waals surface area contributed by atoms with Crippen LogP contribution in [0.3, 0.4) is 0 Å². The molecule has 0 spiro atoms. The summed E-state index contributed by atoms with van der Waals surface area (Å²) in [4.78, 5) is 0. The van der Waals surface area contributed by atoms with Crippen LogP contribution in [0.4, 0.5) is 0 Å². The molecule has 0 amide bonds. The second-order valence-corrected chi connectivity index (χ2v) is 29.2. The Morgan fingerprint density at radius 1 is 0.214 bits per heavy atom. The highest BCUT2D eigenvalue weighted by Gasteiger charge is 2.29. The maximum atomic E-state index is 2.50. The van der Waals surface area contributed by atoms with Gasteiger partial charge in [-0.1, -0.05) is 83.1 Å². The molecule has 0 aliphatic rings. The Balaban J connectivity index is 4.42. The second-order valence-electron chi connectivity index (χ2n) is 11.6. The fourth-order valence-corrected chi connectivity index (χ4v) is 16.6. The minimum Gasteiger partial charge on any atom is -0.103 e. The molecule has 1 aromatic rings. The summed E-state index contributed by atoms with van der Waals surface area (Å²) in [5.41, 5.74) is 11.7. The van der Waals surface area contributed by atoms with Gasteiger partial charge in [-0.3, -0.25) is 0 Å². The molecule has 1 aromatic carbocycles. The van der Waals surface area contributed by atoms with Gasteiger partial charge < -0.3 is 0 Å². The maximum absolute atomic E-state index is 2.50. The lowest BCUT2D eigenvalue weighted by molar-refractivity contribution is 1.04. The lowest BCUT2D eigenvalue weighted by Gasteiger charge is -2.34. The maximum Gasteiger partial charge on any atom is -0.00673 e. The number of rotatable bonds is 24. The molecule has 246 valence electrons. The van der Waals surface area contributed by atoms with Gasteiger partial charge in [0.25, 0.3) is 0 Å². The summed E-state index contributed by atoms with van der Waals surface area (Å²) in [5.74, 6) is 0. The molecule has 0 nitrogen and oxygen atoms in total. The van der Waals surface area contributed by atoms with Crippen molar-refractivity contribution in [2.75, 3.05) is 73.9 Å². The van der Waals surface area contributed by atoms with Gasteiger partial charge in [0.05, 0.1) is 0 Å². The average molecular weight is 691 g/mol. The molecular weight excluding hydrogens is 618 g/mol. The van der Waals surface area contributed by atoms with Crippen molar-refractivity contribution >= 4 is 47.5 Å². The van der Waals surface area contributed by atoms with E-state index in [1.165, 1.54) is 111 Å². The van der Waals surface area contributed by atoms with Crippen molar-refractivity contribution in [2.45, 2.75) is 120 Å². The Bertz CT molecular complexity index is 634. The van der Waals surface area contributed by atoms with Crippen LogP contribution in [-0.2, 0) is 37.0 Å². The van der Waals surface area contributed by atoms with Crippen LogP contribution in [0.15, 0.2) is 0 Å². The molecule has 0 unspecified atom stereocenters. The summed E-state index contributed by atoms with van der Waals surface area (Å²) in [6, 6.07) is 0. The van der Waals surface area contributed by atoms with Crippen molar-refractivity contribution in [1.82, 2.24) is 0 Å². The third-order valence-electron chi connectivity index (χ3n) is 9.84. The number of hydrogen-bond acceptors (Lipinski definition) is 0. The molecule has 0 saturated carbocycles. The van der Waals surface area contributed by atoms with E-state index in [0.29, 0.717) is 0 Å². The van der Waals surface area contributed by atoms with Gasteiger partial charge >= 0.3 is 0 Å². The standard InChI is InChI=1S/C36H72P6/c1-13-37(14-2)25-31-32(26-38(15-3)16-4)34(28-40(19-7)20-8)36(30-42(23-11)24-12)35(29-41(21-9)22-10)33(31)27-39(17-5)18-6/h13-30H2,1-12H3. The van der Waals surface area contributed by atoms with E-state index < -0.39 is 0 Å². The van der Waals surface area contributed by atoms with E-state index >= 15 is 0 Å². The Hall–Kier alpha value is 1.80. The van der Waals surface area contributed by atoms with E-state index in [1.54, 1.807) is 0 Å². The lowest BCUT2D eigenvalue weighted by atomic mass is 9.90. The first kappa shape index (κ1) is 41.8. The van der Waals surface area contributed by atoms with Crippen molar-refractivity contribution in [3.05, 3.63) is 33.4 Å². The zero-order valence-electron chi connectivity index (χ0n) is 30.4. The number of hydrogen-bond donors (Lipinski definition) is 0. The van der Waals surface area contributed by atoms with Crippen LogP contribution in [0.1, 0.15) is 116 Å². The molecule has 0 aromatic heterocycles. The van der Waals surface area contributed by atoms with Crippen LogP contribution in [-0.4, -0.2) is 73.9 Å². The Kier molecular flexibility index (Phi) is 23.9. The largest absolute Gasteiger partial charge is 0.103 e. The van der Waals surface area contributed by atoms with Gasteiger partial charge in [-0.25, -0.2) is 0 Å². The third kappa shape index (κ3) is 12.8. The zero-order chi connectivity index (χ0) is 31.7. The normalized spacial score (nSPS) is 12.4. The second kappa shape index (κ2) is 24.0. The van der Waals surface area contributed by atoms with Crippen LogP contribution < -0.4 is 0 Å². The van der Waals surface area contributed by atoms with Crippen LogP contribution in [0.2, 0.25) is 0 Å². The molecule has 0 atom stereocenters. The molecular formula is C36H72P6. The van der Waals surface area contributed by atoms with Gasteiger partial charge in [-0.15, -0.1) is 47.5 Å². The predicted octanol–water partition coefficient (Wildman–Crippen LogP) is 13.8. The van der Waals surface area contributed by atoms with Gasteiger partial charge in [0.2, 0.25) is 0 Å². The monoisotopic (exact) mass is 690 g/mol. The van der Waals surface area contributed by atoms with Crippen LogP contribution in [0, 0.1) is 0 Å². The first-order valence-corrected chi connectivity index (χ1v) is 29.2. The molecule has 0 N–H and O–H groups in total. The fraction of sp³-hybridized carbons (Fsp3) is 0.833. The third-order valence-corrected chi connectivity index (χ3v) is 25.2. The van der Waals surface area contributed by atoms with Crippen molar-refractivity contribution < 1.29 is 0 Å². The molecule has 0 saturated heterocycles. The van der Waals surface area contributed by atoms with Crippen molar-refractivity contribution in [2.24, 2.45) is 0 Å². The van der Waals surface area contributed by atoms with E-state index in [4.69, 9.17) is 0 Å². The lowest BCUT2D eigenvalue weighted by Crippen LogP contribution is -2.15. The Morgan fingerprint density at radius 3 is 0.381 bits per heavy atom. The van der Waals surface area contributed by atoms with Crippen LogP contribution in [0.5, 0.6) is 0 Å². The van der Waals surface area contributed by atoms with Gasteiger partial charge in [-0.05, 0) is 144 Å². The van der Waals surface area contributed by atoms with Crippen molar-refractivity contribution in [3.63, 3.8) is 0 Å². The zero-order valence-corrected chi connectivity index (χ0v) is 35.8. The molecule has 0 fully saturated rings. The van der Waals surface area contributed by atoms with Gasteiger partial charge in [-0.2, -0.15) is 0 Å². The molecule has 0 aliphatic carbocycles. The Labute approximate surface area is 273 Å². The van der Waals surface area contributed by atoms with E-state index in [-0.39, 0.29) is 47.5 Å². The Morgan fingerprint density at radius 2 is 0.310 bits per heavy atom. The van der Waals surface area contributed by atoms with Crippen LogP contribution >= 0.6 is 47.5 Å². The molecule has 0 bridgehead atoms. The molecule has 42 heavy (non-hydrogen) atoms. The summed E-state index contributed by atoms with van der Waals surface area (Å²) < 4.78 is 0.